The van der Waals surface area contributed by atoms with Crippen LogP contribution in [0.1, 0.15) is 44.9 Å². The van der Waals surface area contributed by atoms with E-state index in [4.69, 9.17) is 14.2 Å². The summed E-state index contributed by atoms with van der Waals surface area (Å²) >= 11 is 0. The number of ether oxygens (including phenoxy) is 3. The minimum absolute atomic E-state index is 0.116. The van der Waals surface area contributed by atoms with Gasteiger partial charge in [0.2, 0.25) is 5.91 Å². The van der Waals surface area contributed by atoms with Gasteiger partial charge >= 0.3 is 5.97 Å². The van der Waals surface area contributed by atoms with E-state index < -0.39 is 12.1 Å². The number of hydrogen-bond donors (Lipinski definition) is 1. The average Bonchev–Trinajstić information content (AvgIpc) is 2.91. The molecule has 2 aliphatic heterocycles. The van der Waals surface area contributed by atoms with Crippen LogP contribution in [0.5, 0.6) is 11.5 Å². The van der Waals surface area contributed by atoms with Crippen molar-refractivity contribution in [3.63, 3.8) is 0 Å². The molecule has 1 N–H and O–H groups in total. The van der Waals surface area contributed by atoms with E-state index in [1.807, 2.05) is 37.3 Å². The Morgan fingerprint density at radius 2 is 1.75 bits per heavy atom. The first-order chi connectivity index (χ1) is 17.5. The summed E-state index contributed by atoms with van der Waals surface area (Å²) in [5.74, 6) is 0.190. The highest BCUT2D eigenvalue weighted by Crippen LogP contribution is 2.33. The van der Waals surface area contributed by atoms with Crippen LogP contribution in [0.4, 0.5) is 5.69 Å². The topological polar surface area (TPSA) is 94.2 Å². The summed E-state index contributed by atoms with van der Waals surface area (Å²) in [6, 6.07) is 19.7. The number of anilines is 1. The summed E-state index contributed by atoms with van der Waals surface area (Å²) in [7, 11) is 0. The molecule has 0 radical (unpaired) electrons. The van der Waals surface area contributed by atoms with Crippen molar-refractivity contribution in [2.45, 2.75) is 19.4 Å². The molecule has 0 saturated heterocycles. The number of hydrogen-bond acceptors (Lipinski definition) is 6. The second-order valence-electron chi connectivity index (χ2n) is 8.61. The van der Waals surface area contributed by atoms with Crippen LogP contribution in [0.25, 0.3) is 0 Å². The molecule has 0 aromatic heterocycles. The van der Waals surface area contributed by atoms with E-state index >= 15 is 0 Å². The Kier molecular flexibility index (Phi) is 6.58. The number of carbonyl (C=O) groups excluding carboxylic acids is 3. The van der Waals surface area contributed by atoms with Gasteiger partial charge in [0.05, 0.1) is 5.56 Å². The van der Waals surface area contributed by atoms with Gasteiger partial charge in [-0.15, -0.1) is 0 Å². The van der Waals surface area contributed by atoms with Crippen molar-refractivity contribution in [2.24, 2.45) is 0 Å². The fourth-order valence-electron chi connectivity index (χ4n) is 4.39. The van der Waals surface area contributed by atoms with Gasteiger partial charge in [-0.1, -0.05) is 30.3 Å². The smallest absolute Gasteiger partial charge is 0.339 e. The number of nitrogens with one attached hydrogen (secondary N) is 1. The highest BCUT2D eigenvalue weighted by atomic mass is 16.6. The van der Waals surface area contributed by atoms with E-state index in [0.717, 1.165) is 11.1 Å². The average molecular weight is 487 g/mol. The Hall–Kier alpha value is -4.33. The first-order valence-electron chi connectivity index (χ1n) is 11.9. The van der Waals surface area contributed by atoms with E-state index in [0.29, 0.717) is 54.5 Å². The molecule has 184 valence electrons. The van der Waals surface area contributed by atoms with Crippen LogP contribution < -0.4 is 14.8 Å². The molecule has 0 unspecified atom stereocenters. The maximum Gasteiger partial charge on any atom is 0.339 e. The summed E-state index contributed by atoms with van der Waals surface area (Å²) in [6.07, 6.45) is 0.0683. The minimum atomic E-state index is -0.407. The van der Waals surface area contributed by atoms with Gasteiger partial charge in [-0.05, 0) is 48.4 Å². The molecule has 2 aliphatic rings. The fraction of sp³-hybridized carbons (Fsp3) is 0.250. The molecule has 0 aliphatic carbocycles. The molecule has 5 rings (SSSR count). The normalized spacial score (nSPS) is 15.9. The maximum atomic E-state index is 13.3. The van der Waals surface area contributed by atoms with Crippen LogP contribution in [-0.4, -0.2) is 49.0 Å². The third-order valence-corrected chi connectivity index (χ3v) is 6.23. The van der Waals surface area contributed by atoms with Crippen LogP contribution in [-0.2, 0) is 16.0 Å². The molecule has 3 aromatic carbocycles. The largest absolute Gasteiger partial charge is 0.486 e. The molecule has 8 heteroatoms. The van der Waals surface area contributed by atoms with Crippen LogP contribution in [0.3, 0.4) is 0 Å². The lowest BCUT2D eigenvalue weighted by atomic mass is 9.93. The Balaban J connectivity index is 1.28. The molecule has 0 saturated carbocycles. The summed E-state index contributed by atoms with van der Waals surface area (Å²) in [5.41, 5.74) is 3.09. The zero-order chi connectivity index (χ0) is 25.1. The quantitative estimate of drug-likeness (QED) is 0.529. The van der Waals surface area contributed by atoms with Crippen molar-refractivity contribution in [1.29, 1.82) is 0 Å². The summed E-state index contributed by atoms with van der Waals surface area (Å²) < 4.78 is 16.7. The van der Waals surface area contributed by atoms with Crippen LogP contribution in [0, 0.1) is 0 Å². The first-order valence-corrected chi connectivity index (χ1v) is 11.9. The fourth-order valence-corrected chi connectivity index (χ4v) is 4.39. The lowest BCUT2D eigenvalue weighted by Crippen LogP contribution is -2.38. The zero-order valence-corrected chi connectivity index (χ0v) is 19.9. The second kappa shape index (κ2) is 10.1. The SMILES string of the molecule is CCN(CC(=O)Nc1ccc2c(c1)OCCO2)C(=O)c1ccc2c(c1)C[C@@H](c1ccccc1)OC2=O. The predicted octanol–water partition coefficient (Wildman–Crippen LogP) is 4.01. The number of likely N-dealkylation sites (N-methyl/N-ethyl adjacent to an activating group) is 1. The number of benzene rings is 3. The molecule has 0 spiro atoms. The molecule has 36 heavy (non-hydrogen) atoms. The van der Waals surface area contributed by atoms with Gasteiger partial charge < -0.3 is 24.4 Å². The number of rotatable bonds is 6. The maximum absolute atomic E-state index is 13.3. The zero-order valence-electron chi connectivity index (χ0n) is 19.9. The number of carbonyl (C=O) groups is 3. The first kappa shape index (κ1) is 23.4. The number of amides is 2. The number of nitrogens with zero attached hydrogens (tertiary/aromatic N) is 1. The predicted molar refractivity (Wildman–Crippen MR) is 132 cm³/mol. The van der Waals surface area contributed by atoms with Gasteiger partial charge in [0, 0.05) is 30.3 Å². The van der Waals surface area contributed by atoms with Crippen LogP contribution >= 0.6 is 0 Å². The third kappa shape index (κ3) is 4.88. The Morgan fingerprint density at radius 3 is 2.53 bits per heavy atom. The van der Waals surface area contributed by atoms with Gasteiger partial charge in [-0.2, -0.15) is 0 Å². The molecule has 0 bridgehead atoms. The number of fused-ring (bicyclic) bond motifs is 2. The summed E-state index contributed by atoms with van der Waals surface area (Å²) in [5, 5.41) is 2.81. The molecule has 0 fully saturated rings. The van der Waals surface area contributed by atoms with Crippen molar-refractivity contribution in [3.8, 4) is 11.5 Å². The van der Waals surface area contributed by atoms with E-state index in [2.05, 4.69) is 5.32 Å². The number of esters is 1. The van der Waals surface area contributed by atoms with E-state index in [1.54, 1.807) is 36.4 Å². The monoisotopic (exact) mass is 486 g/mol. The Labute approximate surface area is 208 Å². The van der Waals surface area contributed by atoms with Crippen molar-refractivity contribution in [3.05, 3.63) is 89.0 Å². The molecule has 8 nitrogen and oxygen atoms in total. The van der Waals surface area contributed by atoms with Crippen molar-refractivity contribution in [2.75, 3.05) is 31.6 Å². The van der Waals surface area contributed by atoms with Crippen LogP contribution in [0.15, 0.2) is 66.7 Å². The van der Waals surface area contributed by atoms with Crippen molar-refractivity contribution >= 4 is 23.5 Å². The van der Waals surface area contributed by atoms with Gasteiger partial charge in [0.25, 0.3) is 5.91 Å². The Bertz CT molecular complexity index is 1310. The lowest BCUT2D eigenvalue weighted by molar-refractivity contribution is -0.116. The van der Waals surface area contributed by atoms with Crippen molar-refractivity contribution < 1.29 is 28.6 Å². The second-order valence-corrected chi connectivity index (χ2v) is 8.61. The molecule has 3 aromatic rings. The number of cyclic esters (lactones) is 1. The summed E-state index contributed by atoms with van der Waals surface area (Å²) in [4.78, 5) is 40.0. The Morgan fingerprint density at radius 1 is 0.972 bits per heavy atom. The van der Waals surface area contributed by atoms with E-state index in [-0.39, 0.29) is 18.4 Å². The molecular formula is C28H26N2O6. The van der Waals surface area contributed by atoms with Crippen LogP contribution in [0.2, 0.25) is 0 Å². The van der Waals surface area contributed by atoms with Gasteiger partial charge in [0.1, 0.15) is 25.9 Å². The van der Waals surface area contributed by atoms with Crippen molar-refractivity contribution in [1.82, 2.24) is 4.90 Å². The molecule has 2 amide bonds. The molecular weight excluding hydrogens is 460 g/mol. The van der Waals surface area contributed by atoms with Gasteiger partial charge in [-0.3, -0.25) is 9.59 Å². The van der Waals surface area contributed by atoms with E-state index in [1.165, 1.54) is 4.90 Å². The standard InChI is InChI=1S/C28H26N2O6/c1-2-30(17-26(31)29-21-9-11-23-25(16-21)35-13-12-34-23)27(32)19-8-10-22-20(14-19)15-24(36-28(22)33)18-6-4-3-5-7-18/h3-11,14,16,24H,2,12-13,15,17H2,1H3,(H,29,31)/t24-/m0/s1. The third-order valence-electron chi connectivity index (χ3n) is 6.23. The van der Waals surface area contributed by atoms with E-state index in [9.17, 15) is 14.4 Å². The highest BCUT2D eigenvalue weighted by molar-refractivity contribution is 6.01. The highest BCUT2D eigenvalue weighted by Gasteiger charge is 2.29. The molecule has 1 atom stereocenters. The summed E-state index contributed by atoms with van der Waals surface area (Å²) in [6.45, 7) is 2.99. The lowest BCUT2D eigenvalue weighted by Gasteiger charge is -2.26. The molecule has 2 heterocycles. The minimum Gasteiger partial charge on any atom is -0.486 e. The van der Waals surface area contributed by atoms with Gasteiger partial charge in [-0.25, -0.2) is 4.79 Å². The van der Waals surface area contributed by atoms with Gasteiger partial charge in [0.15, 0.2) is 11.5 Å².